The minimum atomic E-state index is -0.908. The van der Waals surface area contributed by atoms with Crippen LogP contribution < -0.4 is 28.1 Å². The molecule has 154 valence electrons. The zero-order valence-electron chi connectivity index (χ0n) is 15.4. The molecule has 0 amide bonds. The number of nitrogens with one attached hydrogen (secondary N) is 2. The lowest BCUT2D eigenvalue weighted by molar-refractivity contribution is 0.361. The van der Waals surface area contributed by atoms with E-state index in [9.17, 15) is 13.2 Å². The van der Waals surface area contributed by atoms with Gasteiger partial charge in [-0.25, -0.2) is 23.1 Å². The summed E-state index contributed by atoms with van der Waals surface area (Å²) in [5.74, 6) is 3.26. The molecule has 3 aromatic heterocycles. The van der Waals surface area contributed by atoms with Crippen LogP contribution in [0.1, 0.15) is 12.0 Å². The van der Waals surface area contributed by atoms with Gasteiger partial charge in [0.25, 0.3) is 0 Å². The second kappa shape index (κ2) is 8.80. The van der Waals surface area contributed by atoms with Crippen LogP contribution in [0, 0.1) is 11.6 Å². The summed E-state index contributed by atoms with van der Waals surface area (Å²) < 4.78 is 40.7. The van der Waals surface area contributed by atoms with Crippen molar-refractivity contribution in [3.8, 4) is 11.4 Å². The molecule has 1 unspecified atom stereocenters. The second-order valence-electron chi connectivity index (χ2n) is 6.29. The van der Waals surface area contributed by atoms with E-state index >= 15 is 0 Å². The largest absolute Gasteiger partial charge is 0.403 e. The number of pyridine rings is 2. The van der Waals surface area contributed by atoms with Crippen LogP contribution in [0.4, 0.5) is 19.0 Å². The highest BCUT2D eigenvalue weighted by atomic mass is 19.1. The van der Waals surface area contributed by atoms with Gasteiger partial charge in [-0.15, -0.1) is 0 Å². The maximum absolute atomic E-state index is 14.0. The lowest BCUT2D eigenvalue weighted by Gasteiger charge is -2.08. The van der Waals surface area contributed by atoms with E-state index in [0.29, 0.717) is 41.6 Å². The Morgan fingerprint density at radius 2 is 2.10 bits per heavy atom. The highest BCUT2D eigenvalue weighted by molar-refractivity contribution is 5.69. The number of nitrogens with zero attached hydrogens (tertiary/aromatic N) is 3. The molecule has 1 atom stereocenters. The summed E-state index contributed by atoms with van der Waals surface area (Å²) in [5.41, 5.74) is 15.3. The molecule has 0 aromatic carbocycles. The third-order valence-corrected chi connectivity index (χ3v) is 4.35. The van der Waals surface area contributed by atoms with E-state index in [-0.39, 0.29) is 11.5 Å². The van der Waals surface area contributed by atoms with Crippen LogP contribution in [0.15, 0.2) is 36.8 Å². The third kappa shape index (κ3) is 4.41. The van der Waals surface area contributed by atoms with E-state index in [1.807, 2.05) is 0 Å². The molecule has 0 aliphatic carbocycles. The third-order valence-electron chi connectivity index (χ3n) is 4.35. The lowest BCUT2D eigenvalue weighted by atomic mass is 10.2. The Morgan fingerprint density at radius 3 is 2.69 bits per heavy atom. The fourth-order valence-electron chi connectivity index (χ4n) is 2.83. The van der Waals surface area contributed by atoms with E-state index in [1.54, 1.807) is 22.7 Å². The smallest absolute Gasteiger partial charge is 0.168 e. The quantitative estimate of drug-likeness (QED) is 0.327. The second-order valence-corrected chi connectivity index (χ2v) is 6.29. The Labute approximate surface area is 164 Å². The van der Waals surface area contributed by atoms with Crippen LogP contribution in [-0.4, -0.2) is 33.6 Å². The fourth-order valence-corrected chi connectivity index (χ4v) is 2.83. The Balaban J connectivity index is 0.000000343. The van der Waals surface area contributed by atoms with Crippen molar-refractivity contribution in [1.82, 2.24) is 25.1 Å². The summed E-state index contributed by atoms with van der Waals surface area (Å²) in [6, 6.07) is 4.10. The predicted octanol–water partition coefficient (Wildman–Crippen LogP) is 1.29. The lowest BCUT2D eigenvalue weighted by Crippen LogP contribution is -2.21. The first-order valence-electron chi connectivity index (χ1n) is 8.77. The molecule has 0 spiro atoms. The molecule has 11 heteroatoms. The number of fused-ring (bicyclic) bond motifs is 1. The number of imidazole rings is 1. The number of hydrogen-bond donors (Lipinski definition) is 5. The van der Waals surface area contributed by atoms with Crippen molar-refractivity contribution in [2.75, 3.05) is 18.8 Å². The minimum absolute atomic E-state index is 0.0873. The number of alkyl halides is 1. The molecule has 29 heavy (non-hydrogen) atoms. The maximum Gasteiger partial charge on any atom is 0.168 e. The minimum Gasteiger partial charge on any atom is -0.403 e. The maximum atomic E-state index is 14.0. The fraction of sp³-hybridized carbons (Fsp3) is 0.222. The average molecular weight is 406 g/mol. The van der Waals surface area contributed by atoms with E-state index in [0.717, 1.165) is 6.54 Å². The predicted molar refractivity (Wildman–Crippen MR) is 105 cm³/mol. The van der Waals surface area contributed by atoms with Crippen LogP contribution >= 0.6 is 0 Å². The standard InChI is InChI=1S/C14H13F2N7.C4H8FN/c15-8-4-9(16)14(18)21-13(8)11-6-20-12-3-7(1-2-23(11)12)10(5-17)22-19;5-4-1-2-6-3-4/h1-6,22H,17,19H2,(H2,18,21);4,6H,1-3H2/b10-5-;. The van der Waals surface area contributed by atoms with Crippen LogP contribution in [-0.2, 0) is 0 Å². The molecule has 4 rings (SSSR count). The first-order chi connectivity index (χ1) is 13.9. The van der Waals surface area contributed by atoms with Gasteiger partial charge in [0.2, 0.25) is 0 Å². The van der Waals surface area contributed by atoms with Crippen molar-refractivity contribution in [2.45, 2.75) is 12.6 Å². The Kier molecular flexibility index (Phi) is 6.20. The van der Waals surface area contributed by atoms with Crippen molar-refractivity contribution in [3.63, 3.8) is 0 Å². The van der Waals surface area contributed by atoms with Crippen molar-refractivity contribution >= 4 is 17.2 Å². The number of aromatic nitrogens is 3. The van der Waals surface area contributed by atoms with Crippen molar-refractivity contribution in [3.05, 3.63) is 54.0 Å². The van der Waals surface area contributed by atoms with Gasteiger partial charge < -0.3 is 22.2 Å². The summed E-state index contributed by atoms with van der Waals surface area (Å²) in [5, 5.41) is 2.90. The van der Waals surface area contributed by atoms with Crippen LogP contribution in [0.3, 0.4) is 0 Å². The highest BCUT2D eigenvalue weighted by Gasteiger charge is 2.16. The van der Waals surface area contributed by atoms with Gasteiger partial charge in [-0.3, -0.25) is 10.2 Å². The van der Waals surface area contributed by atoms with Crippen LogP contribution in [0.2, 0.25) is 0 Å². The molecule has 1 aliphatic heterocycles. The van der Waals surface area contributed by atoms with E-state index in [1.165, 1.54) is 12.4 Å². The van der Waals surface area contributed by atoms with Gasteiger partial charge in [-0.2, -0.15) is 0 Å². The number of hydrazine groups is 1. The van der Waals surface area contributed by atoms with Crippen LogP contribution in [0.5, 0.6) is 0 Å². The van der Waals surface area contributed by atoms with Crippen LogP contribution in [0.25, 0.3) is 22.7 Å². The molecule has 4 heterocycles. The zero-order valence-corrected chi connectivity index (χ0v) is 15.4. The first kappa shape index (κ1) is 20.4. The molecule has 3 aromatic rings. The van der Waals surface area contributed by atoms with Crippen molar-refractivity contribution in [2.24, 2.45) is 11.6 Å². The van der Waals surface area contributed by atoms with Crippen molar-refractivity contribution in [1.29, 1.82) is 0 Å². The molecule has 1 fully saturated rings. The zero-order chi connectivity index (χ0) is 21.0. The number of nitrogens with two attached hydrogens (primary N) is 3. The average Bonchev–Trinajstić information content (AvgIpc) is 3.35. The summed E-state index contributed by atoms with van der Waals surface area (Å²) in [6.07, 6.45) is 4.53. The monoisotopic (exact) mass is 406 g/mol. The SMILES string of the molecule is FC1CCNC1.N/C=C(\NN)c1ccn2c(-c3nc(N)c(F)cc3F)cnc2c1. The van der Waals surface area contributed by atoms with E-state index in [2.05, 4.69) is 20.7 Å². The molecular formula is C18H21F3N8. The topological polar surface area (TPSA) is 132 Å². The Bertz CT molecular complexity index is 1030. The van der Waals surface area contributed by atoms with Gasteiger partial charge in [0.05, 0.1) is 17.6 Å². The molecule has 1 aliphatic rings. The van der Waals surface area contributed by atoms with Gasteiger partial charge >= 0.3 is 0 Å². The van der Waals surface area contributed by atoms with Gasteiger partial charge in [-0.1, -0.05) is 0 Å². The van der Waals surface area contributed by atoms with Gasteiger partial charge in [0.15, 0.2) is 17.5 Å². The van der Waals surface area contributed by atoms with Gasteiger partial charge in [0.1, 0.15) is 17.5 Å². The number of nitrogen functional groups attached to an aromatic ring is 1. The number of halogens is 3. The molecule has 1 saturated heterocycles. The Hall–Kier alpha value is -3.31. The van der Waals surface area contributed by atoms with E-state index < -0.39 is 17.8 Å². The molecular weight excluding hydrogens is 385 g/mol. The first-order valence-corrected chi connectivity index (χ1v) is 8.77. The number of rotatable bonds is 3. The Morgan fingerprint density at radius 1 is 1.31 bits per heavy atom. The normalized spacial score (nSPS) is 16.6. The summed E-state index contributed by atoms with van der Waals surface area (Å²) in [7, 11) is 0. The summed E-state index contributed by atoms with van der Waals surface area (Å²) in [4.78, 5) is 7.94. The number of hydrogen-bond acceptors (Lipinski definition) is 7. The number of anilines is 1. The highest BCUT2D eigenvalue weighted by Crippen LogP contribution is 2.25. The molecule has 8 N–H and O–H groups in total. The van der Waals surface area contributed by atoms with Gasteiger partial charge in [0, 0.05) is 30.6 Å². The molecule has 0 radical (unpaired) electrons. The molecule has 0 bridgehead atoms. The van der Waals surface area contributed by atoms with E-state index in [4.69, 9.17) is 17.3 Å². The molecule has 8 nitrogen and oxygen atoms in total. The van der Waals surface area contributed by atoms with Crippen molar-refractivity contribution < 1.29 is 13.2 Å². The molecule has 0 saturated carbocycles. The van der Waals surface area contributed by atoms with Gasteiger partial charge in [-0.05, 0) is 25.1 Å². The summed E-state index contributed by atoms with van der Waals surface area (Å²) >= 11 is 0. The summed E-state index contributed by atoms with van der Waals surface area (Å²) in [6.45, 7) is 1.43.